The van der Waals surface area contributed by atoms with E-state index in [1.54, 1.807) is 13.8 Å². The van der Waals surface area contributed by atoms with Crippen LogP contribution in [0.5, 0.6) is 0 Å². The van der Waals surface area contributed by atoms with Gasteiger partial charge in [0.2, 0.25) is 0 Å². The SMILES string of the molecule is CCCC(C)(COC(=O)NC(C=O)C(O)C(O)C(O)CO)COC(=O)NC(C=O)C(O)C(O)C(O)CO. The minimum Gasteiger partial charge on any atom is -0.449 e. The Labute approximate surface area is 212 Å². The molecule has 0 aromatic rings. The van der Waals surface area contributed by atoms with Gasteiger partial charge in [0.15, 0.2) is 0 Å². The first-order valence-corrected chi connectivity index (χ1v) is 11.4. The summed E-state index contributed by atoms with van der Waals surface area (Å²) in [4.78, 5) is 46.7. The molecule has 0 bridgehead atoms. The molecule has 0 aliphatic carbocycles. The molecular weight excluding hydrogens is 504 g/mol. The zero-order valence-corrected chi connectivity index (χ0v) is 20.5. The molecule has 0 aliphatic rings. The first-order valence-electron chi connectivity index (χ1n) is 11.4. The summed E-state index contributed by atoms with van der Waals surface area (Å²) >= 11 is 0. The zero-order valence-electron chi connectivity index (χ0n) is 20.5. The lowest BCUT2D eigenvalue weighted by atomic mass is 9.87. The number of hydrogen-bond donors (Lipinski definition) is 10. The van der Waals surface area contributed by atoms with Gasteiger partial charge >= 0.3 is 12.2 Å². The van der Waals surface area contributed by atoms with Crippen LogP contribution in [0.1, 0.15) is 26.7 Å². The lowest BCUT2D eigenvalue weighted by molar-refractivity contribution is -0.120. The molecule has 0 saturated heterocycles. The monoisotopic (exact) mass is 542 g/mol. The maximum Gasteiger partial charge on any atom is 0.407 e. The molecule has 10 N–H and O–H groups in total. The Morgan fingerprint density at radius 2 is 1.11 bits per heavy atom. The van der Waals surface area contributed by atoms with Crippen molar-refractivity contribution in [3.8, 4) is 0 Å². The third kappa shape index (κ3) is 11.7. The zero-order chi connectivity index (χ0) is 28.8. The van der Waals surface area contributed by atoms with Gasteiger partial charge in [-0.25, -0.2) is 9.59 Å². The van der Waals surface area contributed by atoms with E-state index in [2.05, 4.69) is 0 Å². The Hall–Kier alpha value is -2.44. The molecule has 216 valence electrons. The van der Waals surface area contributed by atoms with E-state index in [9.17, 15) is 49.8 Å². The highest BCUT2D eigenvalue weighted by Crippen LogP contribution is 2.24. The van der Waals surface area contributed by atoms with Crippen molar-refractivity contribution in [2.24, 2.45) is 5.41 Å². The number of amides is 2. The van der Waals surface area contributed by atoms with E-state index < -0.39 is 79.5 Å². The van der Waals surface area contributed by atoms with E-state index in [0.717, 1.165) is 0 Å². The van der Waals surface area contributed by atoms with Crippen molar-refractivity contribution in [3.63, 3.8) is 0 Å². The number of rotatable bonds is 18. The maximum atomic E-state index is 12.1. The van der Waals surface area contributed by atoms with Crippen LogP contribution in [-0.2, 0) is 19.1 Å². The second kappa shape index (κ2) is 17.1. The average molecular weight is 543 g/mol. The molecule has 16 nitrogen and oxygen atoms in total. The van der Waals surface area contributed by atoms with Crippen molar-refractivity contribution < 1.29 is 69.5 Å². The van der Waals surface area contributed by atoms with Crippen molar-refractivity contribution in [1.29, 1.82) is 0 Å². The Morgan fingerprint density at radius 3 is 1.38 bits per heavy atom. The standard InChI is InChI=1S/C21H38N2O14/c1-3-4-21(2,9-36-19(34)22-11(5-24)15(30)17(32)13(28)7-26)10-37-20(35)23-12(6-25)16(31)18(33)14(29)8-27/h5-6,11-18,26-33H,3-4,7-10H2,1-2H3,(H,22,34)(H,23,35). The van der Waals surface area contributed by atoms with Crippen LogP contribution in [0, 0.1) is 5.41 Å². The van der Waals surface area contributed by atoms with Gasteiger partial charge in [-0.2, -0.15) is 0 Å². The summed E-state index contributed by atoms with van der Waals surface area (Å²) in [5.74, 6) is 0. The fourth-order valence-corrected chi connectivity index (χ4v) is 3.12. The number of aldehydes is 2. The van der Waals surface area contributed by atoms with Crippen molar-refractivity contribution >= 4 is 24.8 Å². The third-order valence-electron chi connectivity index (χ3n) is 5.42. The normalized spacial score (nSPS) is 19.5. The molecule has 37 heavy (non-hydrogen) atoms. The van der Waals surface area contributed by atoms with E-state index >= 15 is 0 Å². The number of aliphatic hydroxyl groups excluding tert-OH is 8. The summed E-state index contributed by atoms with van der Waals surface area (Å²) in [6, 6.07) is -3.37. The van der Waals surface area contributed by atoms with E-state index in [4.69, 9.17) is 19.7 Å². The maximum absolute atomic E-state index is 12.1. The summed E-state index contributed by atoms with van der Waals surface area (Å²) in [7, 11) is 0. The fraction of sp³-hybridized carbons (Fsp3) is 0.810. The number of carbonyl (C=O) groups is 4. The molecule has 0 aliphatic heterocycles. The van der Waals surface area contributed by atoms with Gasteiger partial charge in [-0.05, 0) is 6.42 Å². The van der Waals surface area contributed by atoms with Gasteiger partial charge < -0.3 is 70.5 Å². The van der Waals surface area contributed by atoms with Gasteiger partial charge in [0, 0.05) is 5.41 Å². The highest BCUT2D eigenvalue weighted by molar-refractivity contribution is 5.74. The van der Waals surface area contributed by atoms with Gasteiger partial charge in [0.05, 0.1) is 13.2 Å². The molecule has 0 rings (SSSR count). The van der Waals surface area contributed by atoms with Crippen LogP contribution < -0.4 is 10.6 Å². The van der Waals surface area contributed by atoms with E-state index in [1.807, 2.05) is 10.6 Å². The highest BCUT2D eigenvalue weighted by atomic mass is 16.6. The molecule has 16 heteroatoms. The first-order chi connectivity index (χ1) is 17.3. The molecule has 0 heterocycles. The minimum atomic E-state index is -1.96. The Morgan fingerprint density at radius 1 is 0.757 bits per heavy atom. The Bertz CT molecular complexity index is 659. The van der Waals surface area contributed by atoms with Crippen molar-refractivity contribution in [3.05, 3.63) is 0 Å². The number of nitrogens with one attached hydrogen (secondary N) is 2. The second-order valence-electron chi connectivity index (χ2n) is 8.79. The highest BCUT2D eigenvalue weighted by Gasteiger charge is 2.35. The second-order valence-corrected chi connectivity index (χ2v) is 8.79. The van der Waals surface area contributed by atoms with Gasteiger partial charge in [0.25, 0.3) is 0 Å². The third-order valence-corrected chi connectivity index (χ3v) is 5.42. The summed E-state index contributed by atoms with van der Waals surface area (Å²) in [5.41, 5.74) is -0.979. The fourth-order valence-electron chi connectivity index (χ4n) is 3.12. The molecule has 0 fully saturated rings. The van der Waals surface area contributed by atoms with Crippen molar-refractivity contribution in [2.45, 2.75) is 75.4 Å². The van der Waals surface area contributed by atoms with Crippen LogP contribution in [0.3, 0.4) is 0 Å². The number of ether oxygens (including phenoxy) is 2. The molecule has 0 spiro atoms. The van der Waals surface area contributed by atoms with Crippen LogP contribution in [0.4, 0.5) is 9.59 Å². The molecule has 2 amide bonds. The van der Waals surface area contributed by atoms with Crippen LogP contribution in [0.15, 0.2) is 0 Å². The molecule has 0 radical (unpaired) electrons. The molecule has 8 atom stereocenters. The minimum absolute atomic E-state index is 0.0896. The van der Waals surface area contributed by atoms with Crippen LogP contribution in [-0.4, -0.2) is 141 Å². The number of aliphatic hydroxyl groups is 8. The van der Waals surface area contributed by atoms with E-state index in [-0.39, 0.29) is 25.8 Å². The molecule has 8 unspecified atom stereocenters. The van der Waals surface area contributed by atoms with Crippen LogP contribution in [0.2, 0.25) is 0 Å². The van der Waals surface area contributed by atoms with Crippen molar-refractivity contribution in [2.75, 3.05) is 26.4 Å². The largest absolute Gasteiger partial charge is 0.449 e. The van der Waals surface area contributed by atoms with Gasteiger partial charge in [-0.15, -0.1) is 0 Å². The predicted octanol–water partition coefficient (Wildman–Crippen LogP) is -4.47. The van der Waals surface area contributed by atoms with Crippen LogP contribution in [0.25, 0.3) is 0 Å². The first kappa shape index (κ1) is 34.6. The summed E-state index contributed by atoms with van der Waals surface area (Å²) in [6.45, 7) is 0.842. The van der Waals surface area contributed by atoms with Crippen LogP contribution >= 0.6 is 0 Å². The molecule has 0 saturated carbocycles. The number of carbonyl (C=O) groups excluding carboxylic acids is 4. The lowest BCUT2D eigenvalue weighted by Gasteiger charge is -2.30. The van der Waals surface area contributed by atoms with Gasteiger partial charge in [-0.1, -0.05) is 20.3 Å². The quantitative estimate of drug-likeness (QED) is 0.0732. The predicted molar refractivity (Wildman–Crippen MR) is 122 cm³/mol. The summed E-state index contributed by atoms with van der Waals surface area (Å²) in [6.07, 6.45) is -12.6. The molecule has 0 aromatic carbocycles. The lowest BCUT2D eigenvalue weighted by Crippen LogP contribution is -2.54. The number of alkyl carbamates (subject to hydrolysis) is 2. The van der Waals surface area contributed by atoms with Gasteiger partial charge in [0.1, 0.15) is 74.5 Å². The van der Waals surface area contributed by atoms with Gasteiger partial charge in [-0.3, -0.25) is 0 Å². The smallest absolute Gasteiger partial charge is 0.407 e. The summed E-state index contributed by atoms with van der Waals surface area (Å²) in [5, 5.41) is 79.6. The van der Waals surface area contributed by atoms with Crippen molar-refractivity contribution in [1.82, 2.24) is 10.6 Å². The topological polar surface area (TPSA) is 273 Å². The van der Waals surface area contributed by atoms with E-state index in [1.165, 1.54) is 0 Å². The summed E-state index contributed by atoms with van der Waals surface area (Å²) < 4.78 is 10.1. The molecule has 0 aromatic heterocycles. The number of hydrogen-bond acceptors (Lipinski definition) is 14. The molecular formula is C21H38N2O14. The average Bonchev–Trinajstić information content (AvgIpc) is 2.89. The Balaban J connectivity index is 5.01. The Kier molecular flexibility index (Phi) is 16.0. The van der Waals surface area contributed by atoms with E-state index in [0.29, 0.717) is 12.8 Å².